The highest BCUT2D eigenvalue weighted by atomic mass is 79.9. The first-order valence-electron chi connectivity index (χ1n) is 6.54. The Morgan fingerprint density at radius 1 is 1.35 bits per heavy atom. The average molecular weight is 348 g/mol. The van der Waals surface area contributed by atoms with E-state index in [1.165, 1.54) is 6.07 Å². The molecule has 1 saturated heterocycles. The minimum Gasteiger partial charge on any atom is -0.396 e. The highest BCUT2D eigenvalue weighted by molar-refractivity contribution is 9.10. The van der Waals surface area contributed by atoms with Crippen molar-refractivity contribution in [3.8, 4) is 0 Å². The summed E-state index contributed by atoms with van der Waals surface area (Å²) in [5.74, 6) is -0.265. The molecule has 2 rings (SSSR count). The molecule has 0 spiro atoms. The van der Waals surface area contributed by atoms with Gasteiger partial charge in [0.05, 0.1) is 31.8 Å². The maximum Gasteiger partial charge on any atom is 0.127 e. The van der Waals surface area contributed by atoms with E-state index in [1.54, 1.807) is 12.1 Å². The van der Waals surface area contributed by atoms with Crippen LogP contribution in [0.2, 0.25) is 0 Å². The van der Waals surface area contributed by atoms with Gasteiger partial charge in [-0.25, -0.2) is 4.39 Å². The molecule has 112 valence electrons. The number of hydrogen-bond acceptors (Lipinski definition) is 4. The van der Waals surface area contributed by atoms with Crippen LogP contribution in [0.4, 0.5) is 4.39 Å². The van der Waals surface area contributed by atoms with Crippen molar-refractivity contribution in [1.29, 1.82) is 0 Å². The van der Waals surface area contributed by atoms with Crippen LogP contribution in [0.25, 0.3) is 0 Å². The van der Waals surface area contributed by atoms with Gasteiger partial charge >= 0.3 is 0 Å². The molecule has 0 saturated carbocycles. The largest absolute Gasteiger partial charge is 0.396 e. The van der Waals surface area contributed by atoms with Gasteiger partial charge in [-0.2, -0.15) is 0 Å². The number of rotatable bonds is 7. The van der Waals surface area contributed by atoms with Crippen LogP contribution in [-0.2, 0) is 11.3 Å². The Morgan fingerprint density at radius 3 is 2.65 bits per heavy atom. The number of aliphatic hydroxyl groups is 2. The average Bonchev–Trinajstić information content (AvgIpc) is 2.38. The number of hydrogen-bond donors (Lipinski definition) is 2. The summed E-state index contributed by atoms with van der Waals surface area (Å²) >= 11 is 3.33. The van der Waals surface area contributed by atoms with Crippen molar-refractivity contribution in [2.45, 2.75) is 6.54 Å². The van der Waals surface area contributed by atoms with Gasteiger partial charge in [0, 0.05) is 29.7 Å². The SMILES string of the molecule is OCCN(Cc1cc(Br)ccc1F)CC1(CO)COC1. The number of halogens is 2. The van der Waals surface area contributed by atoms with E-state index in [9.17, 15) is 9.50 Å². The first-order valence-corrected chi connectivity index (χ1v) is 7.34. The second kappa shape index (κ2) is 6.95. The van der Waals surface area contributed by atoms with Crippen molar-refractivity contribution >= 4 is 15.9 Å². The Hall–Kier alpha value is -0.530. The van der Waals surface area contributed by atoms with E-state index in [0.29, 0.717) is 38.4 Å². The summed E-state index contributed by atoms with van der Waals surface area (Å²) in [6.45, 7) is 2.46. The Balaban J connectivity index is 2.06. The fraction of sp³-hybridized carbons (Fsp3) is 0.571. The fourth-order valence-corrected chi connectivity index (χ4v) is 2.77. The number of ether oxygens (including phenoxy) is 1. The monoisotopic (exact) mass is 347 g/mol. The summed E-state index contributed by atoms with van der Waals surface area (Å²) in [6.07, 6.45) is 0. The number of aliphatic hydroxyl groups excluding tert-OH is 2. The first kappa shape index (κ1) is 15.9. The van der Waals surface area contributed by atoms with Crippen molar-refractivity contribution in [2.75, 3.05) is 39.5 Å². The lowest BCUT2D eigenvalue weighted by atomic mass is 9.86. The Morgan fingerprint density at radius 2 is 2.10 bits per heavy atom. The third-order valence-electron chi connectivity index (χ3n) is 3.53. The van der Waals surface area contributed by atoms with E-state index in [0.717, 1.165) is 4.47 Å². The van der Waals surface area contributed by atoms with Crippen LogP contribution in [0.5, 0.6) is 0 Å². The van der Waals surface area contributed by atoms with Crippen LogP contribution in [0.15, 0.2) is 22.7 Å². The molecule has 1 fully saturated rings. The van der Waals surface area contributed by atoms with Gasteiger partial charge in [-0.3, -0.25) is 4.90 Å². The van der Waals surface area contributed by atoms with Crippen LogP contribution >= 0.6 is 15.9 Å². The maximum absolute atomic E-state index is 13.8. The Bertz CT molecular complexity index is 449. The van der Waals surface area contributed by atoms with Gasteiger partial charge in [0.25, 0.3) is 0 Å². The van der Waals surface area contributed by atoms with Crippen LogP contribution in [-0.4, -0.2) is 54.6 Å². The molecule has 2 N–H and O–H groups in total. The Labute approximate surface area is 126 Å². The van der Waals surface area contributed by atoms with E-state index >= 15 is 0 Å². The van der Waals surface area contributed by atoms with Crippen molar-refractivity contribution in [3.63, 3.8) is 0 Å². The molecule has 6 heteroatoms. The standard InChI is InChI=1S/C14H19BrFNO3/c15-12-1-2-13(16)11(5-12)6-17(3-4-18)7-14(8-19)9-20-10-14/h1-2,5,18-19H,3-4,6-10H2. The van der Waals surface area contributed by atoms with Gasteiger partial charge in [0.1, 0.15) is 5.82 Å². The number of nitrogens with zero attached hydrogens (tertiary/aromatic N) is 1. The van der Waals surface area contributed by atoms with Gasteiger partial charge in [0.2, 0.25) is 0 Å². The smallest absolute Gasteiger partial charge is 0.127 e. The summed E-state index contributed by atoms with van der Waals surface area (Å²) in [5, 5.41) is 18.6. The summed E-state index contributed by atoms with van der Waals surface area (Å²) in [6, 6.07) is 4.82. The van der Waals surface area contributed by atoms with Gasteiger partial charge in [-0.1, -0.05) is 15.9 Å². The normalized spacial score (nSPS) is 17.2. The lowest BCUT2D eigenvalue weighted by Gasteiger charge is -2.43. The van der Waals surface area contributed by atoms with E-state index in [2.05, 4.69) is 15.9 Å². The molecule has 1 aromatic carbocycles. The van der Waals surface area contributed by atoms with Crippen LogP contribution in [0.1, 0.15) is 5.56 Å². The molecule has 0 radical (unpaired) electrons. The predicted octanol–water partition coefficient (Wildman–Crippen LogP) is 1.39. The van der Waals surface area contributed by atoms with E-state index in [1.807, 2.05) is 4.90 Å². The molecule has 1 heterocycles. The lowest BCUT2D eigenvalue weighted by Crippen LogP contribution is -2.53. The van der Waals surface area contributed by atoms with E-state index in [4.69, 9.17) is 9.84 Å². The molecule has 1 aromatic rings. The molecule has 0 bridgehead atoms. The molecule has 20 heavy (non-hydrogen) atoms. The van der Waals surface area contributed by atoms with Gasteiger partial charge < -0.3 is 14.9 Å². The first-order chi connectivity index (χ1) is 9.58. The minimum absolute atomic E-state index is 0.00200. The molecular formula is C14H19BrFNO3. The van der Waals surface area contributed by atoms with Gasteiger partial charge in [0.15, 0.2) is 0 Å². The number of benzene rings is 1. The molecule has 4 nitrogen and oxygen atoms in total. The van der Waals surface area contributed by atoms with Gasteiger partial charge in [-0.15, -0.1) is 0 Å². The summed E-state index contributed by atoms with van der Waals surface area (Å²) in [4.78, 5) is 1.95. The van der Waals surface area contributed by atoms with Gasteiger partial charge in [-0.05, 0) is 18.2 Å². The zero-order valence-corrected chi connectivity index (χ0v) is 12.8. The molecule has 1 aliphatic heterocycles. The molecule has 0 amide bonds. The quantitative estimate of drug-likeness (QED) is 0.782. The summed E-state index contributed by atoms with van der Waals surface area (Å²) in [7, 11) is 0. The molecule has 0 aliphatic carbocycles. The van der Waals surface area contributed by atoms with Crippen molar-refractivity contribution in [2.24, 2.45) is 5.41 Å². The maximum atomic E-state index is 13.8. The predicted molar refractivity (Wildman–Crippen MR) is 76.8 cm³/mol. The second-order valence-corrected chi connectivity index (χ2v) is 6.24. The van der Waals surface area contributed by atoms with E-state index in [-0.39, 0.29) is 24.4 Å². The zero-order valence-electron chi connectivity index (χ0n) is 11.2. The van der Waals surface area contributed by atoms with Crippen LogP contribution in [0, 0.1) is 11.2 Å². The van der Waals surface area contributed by atoms with Crippen molar-refractivity contribution in [3.05, 3.63) is 34.1 Å². The molecule has 1 aliphatic rings. The summed E-state index contributed by atoms with van der Waals surface area (Å²) in [5.41, 5.74) is 0.290. The zero-order chi connectivity index (χ0) is 14.6. The van der Waals surface area contributed by atoms with E-state index < -0.39 is 0 Å². The third-order valence-corrected chi connectivity index (χ3v) is 4.02. The van der Waals surface area contributed by atoms with Crippen molar-refractivity contribution < 1.29 is 19.3 Å². The topological polar surface area (TPSA) is 52.9 Å². The summed E-state index contributed by atoms with van der Waals surface area (Å²) < 4.78 is 19.8. The Kier molecular flexibility index (Phi) is 5.51. The van der Waals surface area contributed by atoms with Crippen molar-refractivity contribution in [1.82, 2.24) is 4.90 Å². The lowest BCUT2D eigenvalue weighted by molar-refractivity contribution is -0.149. The highest BCUT2D eigenvalue weighted by Gasteiger charge is 2.39. The molecular weight excluding hydrogens is 329 g/mol. The van der Waals surface area contributed by atoms with Crippen LogP contribution in [0.3, 0.4) is 0 Å². The molecule has 0 unspecified atom stereocenters. The molecule has 0 atom stereocenters. The minimum atomic E-state index is -0.280. The van der Waals surface area contributed by atoms with Crippen LogP contribution < -0.4 is 0 Å². The third kappa shape index (κ3) is 3.77. The molecule has 0 aromatic heterocycles. The second-order valence-electron chi connectivity index (χ2n) is 5.32. The highest BCUT2D eigenvalue weighted by Crippen LogP contribution is 2.29. The fourth-order valence-electron chi connectivity index (χ4n) is 2.36.